The molecule has 0 unspecified atom stereocenters. The molecule has 0 radical (unpaired) electrons. The lowest BCUT2D eigenvalue weighted by molar-refractivity contribution is 0.443. The SMILES string of the molecule is CNC1CN(c2ncc(C#N)cn2)C1. The number of aromatic nitrogens is 2. The Morgan fingerprint density at radius 2 is 2.14 bits per heavy atom. The molecule has 2 rings (SSSR count). The number of rotatable bonds is 2. The van der Waals surface area contributed by atoms with Gasteiger partial charge in [0, 0.05) is 19.1 Å². The fraction of sp³-hybridized carbons (Fsp3) is 0.444. The molecule has 14 heavy (non-hydrogen) atoms. The maximum Gasteiger partial charge on any atom is 0.225 e. The molecule has 72 valence electrons. The molecular weight excluding hydrogens is 178 g/mol. The molecule has 1 aliphatic heterocycles. The normalized spacial score (nSPS) is 16.1. The highest BCUT2D eigenvalue weighted by Gasteiger charge is 2.26. The van der Waals surface area contributed by atoms with Gasteiger partial charge in [-0.05, 0) is 7.05 Å². The van der Waals surface area contributed by atoms with Crippen LogP contribution < -0.4 is 10.2 Å². The van der Waals surface area contributed by atoms with Gasteiger partial charge in [-0.15, -0.1) is 0 Å². The number of hydrogen-bond acceptors (Lipinski definition) is 5. The van der Waals surface area contributed by atoms with E-state index in [-0.39, 0.29) is 0 Å². The number of hydrogen-bond donors (Lipinski definition) is 1. The van der Waals surface area contributed by atoms with Crippen LogP contribution in [-0.4, -0.2) is 36.1 Å². The summed E-state index contributed by atoms with van der Waals surface area (Å²) in [6.07, 6.45) is 3.10. The van der Waals surface area contributed by atoms with Crippen molar-refractivity contribution in [2.24, 2.45) is 0 Å². The third-order valence-corrected chi connectivity index (χ3v) is 2.34. The Kier molecular flexibility index (Phi) is 2.29. The van der Waals surface area contributed by atoms with Crippen molar-refractivity contribution in [3.8, 4) is 6.07 Å². The molecule has 5 heteroatoms. The molecule has 1 N–H and O–H groups in total. The van der Waals surface area contributed by atoms with E-state index < -0.39 is 0 Å². The van der Waals surface area contributed by atoms with Gasteiger partial charge in [0.05, 0.1) is 18.0 Å². The van der Waals surface area contributed by atoms with E-state index >= 15 is 0 Å². The van der Waals surface area contributed by atoms with Crippen molar-refractivity contribution in [2.45, 2.75) is 6.04 Å². The summed E-state index contributed by atoms with van der Waals surface area (Å²) in [4.78, 5) is 10.3. The van der Waals surface area contributed by atoms with Crippen LogP contribution in [0.15, 0.2) is 12.4 Å². The van der Waals surface area contributed by atoms with Gasteiger partial charge in [-0.3, -0.25) is 0 Å². The first-order valence-corrected chi connectivity index (χ1v) is 4.48. The zero-order chi connectivity index (χ0) is 9.97. The van der Waals surface area contributed by atoms with E-state index in [2.05, 4.69) is 20.2 Å². The summed E-state index contributed by atoms with van der Waals surface area (Å²) in [7, 11) is 1.95. The second-order valence-corrected chi connectivity index (χ2v) is 3.27. The van der Waals surface area contributed by atoms with E-state index in [4.69, 9.17) is 5.26 Å². The van der Waals surface area contributed by atoms with Crippen LogP contribution in [0.2, 0.25) is 0 Å². The van der Waals surface area contributed by atoms with Crippen molar-refractivity contribution in [3.63, 3.8) is 0 Å². The second kappa shape index (κ2) is 3.60. The van der Waals surface area contributed by atoms with Crippen molar-refractivity contribution >= 4 is 5.95 Å². The Balaban J connectivity index is 2.02. The minimum Gasteiger partial charge on any atom is -0.338 e. The number of anilines is 1. The summed E-state index contributed by atoms with van der Waals surface area (Å²) in [5, 5.41) is 11.7. The van der Waals surface area contributed by atoms with Crippen LogP contribution in [0.5, 0.6) is 0 Å². The Labute approximate surface area is 82.4 Å². The summed E-state index contributed by atoms with van der Waals surface area (Å²) < 4.78 is 0. The molecule has 1 aromatic heterocycles. The van der Waals surface area contributed by atoms with E-state index in [0.29, 0.717) is 17.6 Å². The van der Waals surface area contributed by atoms with Gasteiger partial charge in [-0.25, -0.2) is 9.97 Å². The summed E-state index contributed by atoms with van der Waals surface area (Å²) in [6, 6.07) is 2.53. The molecule has 0 atom stereocenters. The monoisotopic (exact) mass is 189 g/mol. The average molecular weight is 189 g/mol. The van der Waals surface area contributed by atoms with Crippen LogP contribution in [-0.2, 0) is 0 Å². The van der Waals surface area contributed by atoms with Gasteiger partial charge in [0.1, 0.15) is 6.07 Å². The van der Waals surface area contributed by atoms with Gasteiger partial charge in [-0.1, -0.05) is 0 Å². The van der Waals surface area contributed by atoms with Crippen molar-refractivity contribution in [2.75, 3.05) is 25.0 Å². The van der Waals surface area contributed by atoms with E-state index in [1.165, 1.54) is 0 Å². The first-order chi connectivity index (χ1) is 6.83. The molecule has 1 aromatic rings. The highest BCUT2D eigenvalue weighted by molar-refractivity contribution is 5.37. The minimum absolute atomic E-state index is 0.499. The predicted molar refractivity (Wildman–Crippen MR) is 51.8 cm³/mol. The van der Waals surface area contributed by atoms with Gasteiger partial charge in [0.15, 0.2) is 0 Å². The van der Waals surface area contributed by atoms with E-state index in [1.54, 1.807) is 12.4 Å². The van der Waals surface area contributed by atoms with Gasteiger partial charge in [-0.2, -0.15) is 5.26 Å². The lowest BCUT2D eigenvalue weighted by Gasteiger charge is -2.38. The maximum atomic E-state index is 8.56. The summed E-state index contributed by atoms with van der Waals surface area (Å²) >= 11 is 0. The van der Waals surface area contributed by atoms with Gasteiger partial charge < -0.3 is 10.2 Å². The number of nitriles is 1. The third kappa shape index (κ3) is 1.52. The van der Waals surface area contributed by atoms with E-state index in [9.17, 15) is 0 Å². The number of nitrogens with one attached hydrogen (secondary N) is 1. The summed E-state index contributed by atoms with van der Waals surface area (Å²) in [5.41, 5.74) is 0.499. The van der Waals surface area contributed by atoms with Crippen LogP contribution in [0, 0.1) is 11.3 Å². The summed E-state index contributed by atoms with van der Waals surface area (Å²) in [6.45, 7) is 1.87. The fourth-order valence-corrected chi connectivity index (χ4v) is 1.37. The minimum atomic E-state index is 0.499. The lowest BCUT2D eigenvalue weighted by Crippen LogP contribution is -2.57. The molecule has 2 heterocycles. The number of nitrogens with zero attached hydrogens (tertiary/aromatic N) is 4. The van der Waals surface area contributed by atoms with Crippen molar-refractivity contribution < 1.29 is 0 Å². The molecule has 1 aliphatic rings. The quantitative estimate of drug-likeness (QED) is 0.695. The van der Waals surface area contributed by atoms with Crippen molar-refractivity contribution in [1.29, 1.82) is 5.26 Å². The Hall–Kier alpha value is -1.67. The fourth-order valence-electron chi connectivity index (χ4n) is 1.37. The second-order valence-electron chi connectivity index (χ2n) is 3.27. The molecule has 5 nitrogen and oxygen atoms in total. The largest absolute Gasteiger partial charge is 0.338 e. The van der Waals surface area contributed by atoms with Crippen LogP contribution >= 0.6 is 0 Å². The number of likely N-dealkylation sites (N-methyl/N-ethyl adjacent to an activating group) is 1. The van der Waals surface area contributed by atoms with Crippen LogP contribution in [0.3, 0.4) is 0 Å². The molecule has 0 spiro atoms. The average Bonchev–Trinajstić information content (AvgIpc) is 2.17. The van der Waals surface area contributed by atoms with Gasteiger partial charge in [0.2, 0.25) is 5.95 Å². The van der Waals surface area contributed by atoms with Crippen molar-refractivity contribution in [3.05, 3.63) is 18.0 Å². The van der Waals surface area contributed by atoms with Gasteiger partial charge >= 0.3 is 0 Å². The molecule has 0 amide bonds. The highest BCUT2D eigenvalue weighted by atomic mass is 15.3. The zero-order valence-corrected chi connectivity index (χ0v) is 7.94. The van der Waals surface area contributed by atoms with E-state index in [0.717, 1.165) is 13.1 Å². The topological polar surface area (TPSA) is 64.8 Å². The highest BCUT2D eigenvalue weighted by Crippen LogP contribution is 2.14. The molecule has 1 saturated heterocycles. The van der Waals surface area contributed by atoms with E-state index in [1.807, 2.05) is 13.1 Å². The predicted octanol–water partition coefficient (Wildman–Crippen LogP) is -0.244. The molecular formula is C9H11N5. The van der Waals surface area contributed by atoms with Crippen LogP contribution in [0.25, 0.3) is 0 Å². The maximum absolute atomic E-state index is 8.56. The Bertz CT molecular complexity index is 346. The standard InChI is InChI=1S/C9H11N5/c1-11-8-5-14(6-8)9-12-3-7(2-10)4-13-9/h3-4,8,11H,5-6H2,1H3. The van der Waals surface area contributed by atoms with Crippen LogP contribution in [0.4, 0.5) is 5.95 Å². The smallest absolute Gasteiger partial charge is 0.225 e. The Morgan fingerprint density at radius 3 is 2.64 bits per heavy atom. The van der Waals surface area contributed by atoms with Crippen LogP contribution in [0.1, 0.15) is 5.56 Å². The molecule has 0 aromatic carbocycles. The first-order valence-electron chi connectivity index (χ1n) is 4.48. The first kappa shape index (κ1) is 8.91. The molecule has 1 fully saturated rings. The summed E-state index contributed by atoms with van der Waals surface area (Å²) in [5.74, 6) is 0.704. The van der Waals surface area contributed by atoms with Gasteiger partial charge in [0.25, 0.3) is 0 Å². The van der Waals surface area contributed by atoms with Crippen molar-refractivity contribution in [1.82, 2.24) is 15.3 Å². The molecule has 0 aliphatic carbocycles. The lowest BCUT2D eigenvalue weighted by atomic mass is 10.1. The zero-order valence-electron chi connectivity index (χ0n) is 7.94. The Morgan fingerprint density at radius 1 is 1.50 bits per heavy atom. The molecule has 0 saturated carbocycles. The molecule has 0 bridgehead atoms. The third-order valence-electron chi connectivity index (χ3n) is 2.34.